The van der Waals surface area contributed by atoms with Crippen molar-refractivity contribution in [2.75, 3.05) is 19.3 Å². The molecule has 0 spiro atoms. The molecule has 2 amide bonds. The van der Waals surface area contributed by atoms with E-state index in [1.807, 2.05) is 0 Å². The molecule has 2 aliphatic rings. The first kappa shape index (κ1) is 26.1. The Bertz CT molecular complexity index is 1280. The summed E-state index contributed by atoms with van der Waals surface area (Å²) in [5.41, 5.74) is 0.751. The molecule has 1 aromatic carbocycles. The second kappa shape index (κ2) is 10.2. The second-order valence-corrected chi connectivity index (χ2v) is 12.4. The lowest BCUT2D eigenvalue weighted by Crippen LogP contribution is -2.48. The number of rotatable bonds is 6. The molecule has 1 aromatic heterocycles. The number of nitrogens with zero attached hydrogens (tertiary/aromatic N) is 4. The summed E-state index contributed by atoms with van der Waals surface area (Å²) in [6.07, 6.45) is 5.59. The number of imide groups is 1. The molecule has 0 unspecified atom stereocenters. The minimum Gasteiger partial charge on any atom is -0.474 e. The third kappa shape index (κ3) is 6.23. The Kier molecular flexibility index (Phi) is 7.39. The average molecular weight is 533 g/mol. The number of thioether (sulfide) groups is 1. The first-order chi connectivity index (χ1) is 16.9. The zero-order chi connectivity index (χ0) is 26.1. The molecule has 192 valence electrons. The summed E-state index contributed by atoms with van der Waals surface area (Å²) in [4.78, 5) is 35.0. The molecule has 2 aromatic rings. The van der Waals surface area contributed by atoms with Crippen molar-refractivity contribution < 1.29 is 27.5 Å². The van der Waals surface area contributed by atoms with E-state index in [2.05, 4.69) is 35.6 Å². The van der Waals surface area contributed by atoms with Crippen LogP contribution in [0.5, 0.6) is 17.5 Å². The summed E-state index contributed by atoms with van der Waals surface area (Å²) in [6.45, 7) is 8.58. The number of hydrogen-bond acceptors (Lipinski definition) is 10. The first-order valence-corrected chi connectivity index (χ1v) is 14.1. The maximum absolute atomic E-state index is 12.3. The Balaban J connectivity index is 1.37. The zero-order valence-corrected chi connectivity index (χ0v) is 22.1. The molecule has 0 radical (unpaired) electrons. The predicted molar refractivity (Wildman–Crippen MR) is 136 cm³/mol. The SMILES string of the molecule is CC(C)(C)N1CCC(Oc2cc(Oc3ccc(/C=C4\SC(=O)N(S(C)(=O)=O)C4=O)cc3)ncn2)CC1. The van der Waals surface area contributed by atoms with Gasteiger partial charge in [-0.1, -0.05) is 12.1 Å². The molecule has 4 rings (SSSR count). The highest BCUT2D eigenvalue weighted by molar-refractivity contribution is 8.19. The van der Waals surface area contributed by atoms with Gasteiger partial charge in [-0.05, 0) is 69.1 Å². The molecule has 12 heteroatoms. The van der Waals surface area contributed by atoms with Crippen LogP contribution in [0.3, 0.4) is 0 Å². The summed E-state index contributed by atoms with van der Waals surface area (Å²) in [5.74, 6) is 0.423. The lowest BCUT2D eigenvalue weighted by molar-refractivity contribution is -0.119. The number of benzene rings is 1. The highest BCUT2D eigenvalue weighted by Crippen LogP contribution is 2.34. The lowest BCUT2D eigenvalue weighted by atomic mass is 9.99. The van der Waals surface area contributed by atoms with Crippen LogP contribution in [0.15, 0.2) is 41.6 Å². The highest BCUT2D eigenvalue weighted by atomic mass is 32.2. The van der Waals surface area contributed by atoms with Gasteiger partial charge in [0.05, 0.1) is 17.2 Å². The van der Waals surface area contributed by atoms with Crippen molar-refractivity contribution in [3.8, 4) is 17.5 Å². The summed E-state index contributed by atoms with van der Waals surface area (Å²) in [6, 6.07) is 8.37. The van der Waals surface area contributed by atoms with E-state index < -0.39 is 21.2 Å². The number of carbonyl (C=O) groups excluding carboxylic acids is 2. The van der Waals surface area contributed by atoms with Crippen LogP contribution in [-0.2, 0) is 14.8 Å². The fraction of sp³-hybridized carbons (Fsp3) is 0.417. The summed E-state index contributed by atoms with van der Waals surface area (Å²) in [7, 11) is -3.96. The zero-order valence-electron chi connectivity index (χ0n) is 20.5. The van der Waals surface area contributed by atoms with Crippen LogP contribution < -0.4 is 9.47 Å². The summed E-state index contributed by atoms with van der Waals surface area (Å²) < 4.78 is 35.5. The maximum atomic E-state index is 12.3. The van der Waals surface area contributed by atoms with Gasteiger partial charge in [0.25, 0.3) is 5.91 Å². The molecule has 36 heavy (non-hydrogen) atoms. The molecule has 2 aliphatic heterocycles. The normalized spacial score (nSPS) is 19.2. The number of aromatic nitrogens is 2. The van der Waals surface area contributed by atoms with E-state index in [9.17, 15) is 18.0 Å². The molecule has 0 aliphatic carbocycles. The predicted octanol–water partition coefficient (Wildman–Crippen LogP) is 3.91. The molecule has 2 fully saturated rings. The standard InChI is InChI=1S/C24H28N4O6S2/c1-24(2,3)27-11-9-18(10-12-27)34-21-14-20(25-15-26-21)33-17-7-5-16(6-8-17)13-19-22(29)28(23(30)35-19)36(4,31)32/h5-8,13-15,18H,9-12H2,1-4H3/b19-13-. The number of sulfonamides is 1. The van der Waals surface area contributed by atoms with Gasteiger partial charge in [-0.2, -0.15) is 4.31 Å². The van der Waals surface area contributed by atoms with Gasteiger partial charge in [0, 0.05) is 18.6 Å². The van der Waals surface area contributed by atoms with Crippen LogP contribution in [0.2, 0.25) is 0 Å². The maximum Gasteiger partial charge on any atom is 0.307 e. The van der Waals surface area contributed by atoms with Crippen molar-refractivity contribution in [2.45, 2.75) is 45.3 Å². The molecule has 2 saturated heterocycles. The highest BCUT2D eigenvalue weighted by Gasteiger charge is 2.41. The average Bonchev–Trinajstić information content (AvgIpc) is 3.08. The van der Waals surface area contributed by atoms with Crippen LogP contribution in [0.4, 0.5) is 4.79 Å². The molecule has 10 nitrogen and oxygen atoms in total. The van der Waals surface area contributed by atoms with E-state index in [1.54, 1.807) is 30.3 Å². The van der Waals surface area contributed by atoms with E-state index in [0.29, 0.717) is 34.8 Å². The molecule has 0 saturated carbocycles. The van der Waals surface area contributed by atoms with Crippen LogP contribution >= 0.6 is 11.8 Å². The Morgan fingerprint density at radius 3 is 2.28 bits per heavy atom. The third-order valence-corrected chi connectivity index (χ3v) is 7.77. The summed E-state index contributed by atoms with van der Waals surface area (Å²) >= 11 is 0.582. The minimum atomic E-state index is -3.96. The van der Waals surface area contributed by atoms with Crippen molar-refractivity contribution in [1.82, 2.24) is 19.2 Å². The van der Waals surface area contributed by atoms with Crippen LogP contribution in [0.25, 0.3) is 6.08 Å². The fourth-order valence-electron chi connectivity index (χ4n) is 3.90. The van der Waals surface area contributed by atoms with E-state index >= 15 is 0 Å². The monoisotopic (exact) mass is 532 g/mol. The molecular weight excluding hydrogens is 504 g/mol. The third-order valence-electron chi connectivity index (χ3n) is 5.79. The molecule has 3 heterocycles. The van der Waals surface area contributed by atoms with Gasteiger partial charge in [0.2, 0.25) is 21.8 Å². The molecular formula is C24H28N4O6S2. The van der Waals surface area contributed by atoms with Gasteiger partial charge in [-0.3, -0.25) is 14.5 Å². The van der Waals surface area contributed by atoms with E-state index in [-0.39, 0.29) is 20.9 Å². The van der Waals surface area contributed by atoms with Gasteiger partial charge in [0.1, 0.15) is 18.2 Å². The largest absolute Gasteiger partial charge is 0.474 e. The van der Waals surface area contributed by atoms with Crippen molar-refractivity contribution in [3.63, 3.8) is 0 Å². The van der Waals surface area contributed by atoms with Crippen molar-refractivity contribution >= 4 is 39.0 Å². The number of piperidine rings is 1. The number of amides is 2. The van der Waals surface area contributed by atoms with Crippen LogP contribution in [0, 0.1) is 0 Å². The van der Waals surface area contributed by atoms with Gasteiger partial charge in [0.15, 0.2) is 0 Å². The smallest absolute Gasteiger partial charge is 0.307 e. The van der Waals surface area contributed by atoms with Gasteiger partial charge < -0.3 is 9.47 Å². The van der Waals surface area contributed by atoms with E-state index in [0.717, 1.165) is 32.2 Å². The Morgan fingerprint density at radius 2 is 1.69 bits per heavy atom. The number of ether oxygens (including phenoxy) is 2. The van der Waals surface area contributed by atoms with Gasteiger partial charge in [-0.25, -0.2) is 18.4 Å². The Morgan fingerprint density at radius 1 is 1.06 bits per heavy atom. The molecule has 0 N–H and O–H groups in total. The number of likely N-dealkylation sites (tertiary alicyclic amines) is 1. The van der Waals surface area contributed by atoms with Gasteiger partial charge in [-0.15, -0.1) is 0 Å². The first-order valence-electron chi connectivity index (χ1n) is 11.4. The van der Waals surface area contributed by atoms with Crippen molar-refractivity contribution in [2.24, 2.45) is 0 Å². The topological polar surface area (TPSA) is 119 Å². The molecule has 0 bridgehead atoms. The molecule has 0 atom stereocenters. The Hall–Kier alpha value is -2.96. The quantitative estimate of drug-likeness (QED) is 0.507. The van der Waals surface area contributed by atoms with Gasteiger partial charge >= 0.3 is 5.24 Å². The van der Waals surface area contributed by atoms with Crippen molar-refractivity contribution in [3.05, 3.63) is 47.1 Å². The summed E-state index contributed by atoms with van der Waals surface area (Å²) in [5, 5.41) is -0.838. The van der Waals surface area contributed by atoms with E-state index in [1.165, 1.54) is 12.4 Å². The minimum absolute atomic E-state index is 0.0324. The van der Waals surface area contributed by atoms with Crippen LogP contribution in [0.1, 0.15) is 39.2 Å². The van der Waals surface area contributed by atoms with Crippen molar-refractivity contribution in [1.29, 1.82) is 0 Å². The lowest BCUT2D eigenvalue weighted by Gasteiger charge is -2.40. The number of hydrogen-bond donors (Lipinski definition) is 0. The van der Waals surface area contributed by atoms with E-state index in [4.69, 9.17) is 9.47 Å². The second-order valence-electron chi connectivity index (χ2n) is 9.55. The van der Waals surface area contributed by atoms with Crippen LogP contribution in [-0.4, -0.2) is 69.7 Å². The number of carbonyl (C=O) groups is 2. The fourth-order valence-corrected chi connectivity index (χ4v) is 5.88. The Labute approximate surface area is 214 Å².